The van der Waals surface area contributed by atoms with Crippen molar-refractivity contribution in [2.75, 3.05) is 39.8 Å². The summed E-state index contributed by atoms with van der Waals surface area (Å²) in [6.45, 7) is 6.20. The number of likely N-dealkylation sites (N-methyl/N-ethyl adjacent to an activating group) is 1. The van der Waals surface area contributed by atoms with Crippen molar-refractivity contribution >= 4 is 6.09 Å². The highest BCUT2D eigenvalue weighted by atomic mass is 16.6. The second-order valence-electron chi connectivity index (χ2n) is 4.11. The fourth-order valence-electron chi connectivity index (χ4n) is 1.59. The number of piperazine rings is 1. The van der Waals surface area contributed by atoms with Crippen LogP contribution in [0.3, 0.4) is 0 Å². The monoisotopic (exact) mass is 214 g/mol. The van der Waals surface area contributed by atoms with Crippen LogP contribution in [0.25, 0.3) is 0 Å². The number of ether oxygens (including phenoxy) is 1. The third-order valence-electron chi connectivity index (χ3n) is 2.73. The van der Waals surface area contributed by atoms with Gasteiger partial charge in [0, 0.05) is 26.2 Å². The van der Waals surface area contributed by atoms with Crippen molar-refractivity contribution in [3.63, 3.8) is 0 Å². The Balaban J connectivity index is 2.11. The molecular formula is C11H22N2O2. The molecule has 0 aromatic heterocycles. The summed E-state index contributed by atoms with van der Waals surface area (Å²) >= 11 is 0. The normalized spacial score (nSPS) is 17.9. The molecular weight excluding hydrogens is 192 g/mol. The molecule has 0 radical (unpaired) electrons. The van der Waals surface area contributed by atoms with Crippen LogP contribution in [0, 0.1) is 0 Å². The van der Waals surface area contributed by atoms with Gasteiger partial charge in [0.2, 0.25) is 0 Å². The maximum absolute atomic E-state index is 11.6. The van der Waals surface area contributed by atoms with Gasteiger partial charge in [0.15, 0.2) is 0 Å². The SMILES string of the molecule is CCCCCOC(=O)N1CCN(C)CC1. The summed E-state index contributed by atoms with van der Waals surface area (Å²) in [4.78, 5) is 15.6. The van der Waals surface area contributed by atoms with E-state index in [0.29, 0.717) is 6.61 Å². The van der Waals surface area contributed by atoms with Gasteiger partial charge in [0.05, 0.1) is 6.61 Å². The van der Waals surface area contributed by atoms with E-state index >= 15 is 0 Å². The van der Waals surface area contributed by atoms with Crippen LogP contribution in [0.2, 0.25) is 0 Å². The van der Waals surface area contributed by atoms with Gasteiger partial charge in [-0.25, -0.2) is 4.79 Å². The van der Waals surface area contributed by atoms with E-state index in [9.17, 15) is 4.79 Å². The van der Waals surface area contributed by atoms with Crippen molar-refractivity contribution in [3.05, 3.63) is 0 Å². The second kappa shape index (κ2) is 6.67. The maximum Gasteiger partial charge on any atom is 0.409 e. The van der Waals surface area contributed by atoms with Crippen molar-refractivity contribution in [3.8, 4) is 0 Å². The Kier molecular flexibility index (Phi) is 5.47. The van der Waals surface area contributed by atoms with E-state index in [1.807, 2.05) is 0 Å². The molecule has 1 aliphatic rings. The molecule has 1 fully saturated rings. The van der Waals surface area contributed by atoms with E-state index in [2.05, 4.69) is 18.9 Å². The van der Waals surface area contributed by atoms with Crippen LogP contribution >= 0.6 is 0 Å². The molecule has 88 valence electrons. The topological polar surface area (TPSA) is 32.8 Å². The van der Waals surface area contributed by atoms with Gasteiger partial charge >= 0.3 is 6.09 Å². The molecule has 0 aromatic rings. The van der Waals surface area contributed by atoms with E-state index in [1.165, 1.54) is 0 Å². The van der Waals surface area contributed by atoms with Gasteiger partial charge in [0.25, 0.3) is 0 Å². The number of nitrogens with zero attached hydrogens (tertiary/aromatic N) is 2. The molecule has 0 aliphatic carbocycles. The Morgan fingerprint density at radius 2 is 1.87 bits per heavy atom. The minimum absolute atomic E-state index is 0.140. The van der Waals surface area contributed by atoms with E-state index in [1.54, 1.807) is 4.90 Å². The molecule has 15 heavy (non-hydrogen) atoms. The van der Waals surface area contributed by atoms with Gasteiger partial charge in [0.1, 0.15) is 0 Å². The van der Waals surface area contributed by atoms with E-state index in [0.717, 1.165) is 45.4 Å². The number of rotatable bonds is 4. The molecule has 1 rings (SSSR count). The Morgan fingerprint density at radius 1 is 1.20 bits per heavy atom. The Bertz CT molecular complexity index is 189. The van der Waals surface area contributed by atoms with Crippen molar-refractivity contribution in [2.45, 2.75) is 26.2 Å². The van der Waals surface area contributed by atoms with Crippen molar-refractivity contribution in [2.24, 2.45) is 0 Å². The Labute approximate surface area is 92.2 Å². The molecule has 1 amide bonds. The van der Waals surface area contributed by atoms with E-state index < -0.39 is 0 Å². The largest absolute Gasteiger partial charge is 0.449 e. The zero-order chi connectivity index (χ0) is 11.1. The number of carbonyl (C=O) groups is 1. The molecule has 0 saturated carbocycles. The smallest absolute Gasteiger partial charge is 0.409 e. The predicted octanol–water partition coefficient (Wildman–Crippen LogP) is 1.56. The van der Waals surface area contributed by atoms with Gasteiger partial charge in [-0.15, -0.1) is 0 Å². The molecule has 4 nitrogen and oxygen atoms in total. The number of amides is 1. The highest BCUT2D eigenvalue weighted by molar-refractivity contribution is 5.67. The first-order valence-electron chi connectivity index (χ1n) is 5.84. The van der Waals surface area contributed by atoms with Crippen LogP contribution in [-0.2, 0) is 4.74 Å². The van der Waals surface area contributed by atoms with Gasteiger partial charge in [-0.3, -0.25) is 0 Å². The first kappa shape index (κ1) is 12.3. The fourth-order valence-corrected chi connectivity index (χ4v) is 1.59. The fraction of sp³-hybridized carbons (Fsp3) is 0.909. The highest BCUT2D eigenvalue weighted by Gasteiger charge is 2.19. The predicted molar refractivity (Wildman–Crippen MR) is 59.9 cm³/mol. The molecule has 0 aromatic carbocycles. The summed E-state index contributed by atoms with van der Waals surface area (Å²) in [5, 5.41) is 0. The number of unbranched alkanes of at least 4 members (excludes halogenated alkanes) is 2. The molecule has 1 heterocycles. The van der Waals surface area contributed by atoms with Gasteiger partial charge in [-0.2, -0.15) is 0 Å². The highest BCUT2D eigenvalue weighted by Crippen LogP contribution is 2.03. The van der Waals surface area contributed by atoms with Gasteiger partial charge in [-0.05, 0) is 13.5 Å². The summed E-state index contributed by atoms with van der Waals surface area (Å²) in [5.74, 6) is 0. The molecule has 1 aliphatic heterocycles. The molecule has 0 spiro atoms. The molecule has 4 heteroatoms. The molecule has 1 saturated heterocycles. The van der Waals surface area contributed by atoms with Crippen molar-refractivity contribution in [1.82, 2.24) is 9.80 Å². The van der Waals surface area contributed by atoms with E-state index in [4.69, 9.17) is 4.74 Å². The lowest BCUT2D eigenvalue weighted by Gasteiger charge is -2.31. The summed E-state index contributed by atoms with van der Waals surface area (Å²) in [7, 11) is 2.07. The zero-order valence-corrected chi connectivity index (χ0v) is 9.87. The molecule has 0 atom stereocenters. The molecule has 0 unspecified atom stereocenters. The first-order valence-corrected chi connectivity index (χ1v) is 5.84. The minimum Gasteiger partial charge on any atom is -0.449 e. The van der Waals surface area contributed by atoms with E-state index in [-0.39, 0.29) is 6.09 Å². The second-order valence-corrected chi connectivity index (χ2v) is 4.11. The first-order chi connectivity index (χ1) is 7.24. The van der Waals surface area contributed by atoms with Crippen molar-refractivity contribution in [1.29, 1.82) is 0 Å². The van der Waals surface area contributed by atoms with Crippen LogP contribution < -0.4 is 0 Å². The maximum atomic E-state index is 11.6. The lowest BCUT2D eigenvalue weighted by atomic mass is 10.3. The zero-order valence-electron chi connectivity index (χ0n) is 9.87. The number of hydrogen-bond acceptors (Lipinski definition) is 3. The summed E-state index contributed by atoms with van der Waals surface area (Å²) in [5.41, 5.74) is 0. The quantitative estimate of drug-likeness (QED) is 0.666. The average Bonchev–Trinajstić information content (AvgIpc) is 2.25. The Morgan fingerprint density at radius 3 is 2.47 bits per heavy atom. The standard InChI is InChI=1S/C11H22N2O2/c1-3-4-5-10-15-11(14)13-8-6-12(2)7-9-13/h3-10H2,1-2H3. The summed E-state index contributed by atoms with van der Waals surface area (Å²) < 4.78 is 5.19. The van der Waals surface area contributed by atoms with Crippen LogP contribution in [0.4, 0.5) is 4.79 Å². The summed E-state index contributed by atoms with van der Waals surface area (Å²) in [6, 6.07) is 0. The minimum atomic E-state index is -0.140. The lowest BCUT2D eigenvalue weighted by molar-refractivity contribution is 0.0807. The lowest BCUT2D eigenvalue weighted by Crippen LogP contribution is -2.47. The Hall–Kier alpha value is -0.770. The average molecular weight is 214 g/mol. The summed E-state index contributed by atoms with van der Waals surface area (Å²) in [6.07, 6.45) is 3.14. The van der Waals surface area contributed by atoms with Gasteiger partial charge in [-0.1, -0.05) is 19.8 Å². The number of hydrogen-bond donors (Lipinski definition) is 0. The third-order valence-corrected chi connectivity index (χ3v) is 2.73. The van der Waals surface area contributed by atoms with Crippen LogP contribution in [0.1, 0.15) is 26.2 Å². The van der Waals surface area contributed by atoms with Crippen LogP contribution in [-0.4, -0.2) is 55.7 Å². The molecule has 0 N–H and O–H groups in total. The van der Waals surface area contributed by atoms with Crippen LogP contribution in [0.5, 0.6) is 0 Å². The van der Waals surface area contributed by atoms with Crippen molar-refractivity contribution < 1.29 is 9.53 Å². The number of carbonyl (C=O) groups excluding carboxylic acids is 1. The van der Waals surface area contributed by atoms with Gasteiger partial charge < -0.3 is 14.5 Å². The third kappa shape index (κ3) is 4.51. The molecule has 0 bridgehead atoms. The van der Waals surface area contributed by atoms with Crippen LogP contribution in [0.15, 0.2) is 0 Å².